The highest BCUT2D eigenvalue weighted by molar-refractivity contribution is 7.89. The fourth-order valence-corrected chi connectivity index (χ4v) is 4.35. The van der Waals surface area contributed by atoms with E-state index >= 15 is 0 Å². The summed E-state index contributed by atoms with van der Waals surface area (Å²) in [7, 11) is -0.486. The lowest BCUT2D eigenvalue weighted by Crippen LogP contribution is -2.22. The zero-order valence-electron chi connectivity index (χ0n) is 16.3. The Bertz CT molecular complexity index is 1180. The quantitative estimate of drug-likeness (QED) is 0.636. The summed E-state index contributed by atoms with van der Waals surface area (Å²) in [4.78, 5) is 12.3. The number of aromatic nitrogens is 4. The molecule has 0 aliphatic heterocycles. The first-order valence-corrected chi connectivity index (χ1v) is 10.6. The summed E-state index contributed by atoms with van der Waals surface area (Å²) in [5.41, 5.74) is 4.49. The molecule has 0 saturated heterocycles. The maximum atomic E-state index is 12.3. The molecule has 0 saturated carbocycles. The monoisotopic (exact) mass is 415 g/mol. The molecule has 0 amide bonds. The number of nitrogens with one attached hydrogen (secondary N) is 1. The fourth-order valence-electron chi connectivity index (χ4n) is 3.45. The average molecular weight is 415 g/mol. The lowest BCUT2D eigenvalue weighted by molar-refractivity contribution is 0.0518. The molecule has 9 nitrogen and oxygen atoms in total. The van der Waals surface area contributed by atoms with Gasteiger partial charge < -0.3 is 4.74 Å². The van der Waals surface area contributed by atoms with Crippen molar-refractivity contribution < 1.29 is 17.9 Å². The molecule has 1 N–H and O–H groups in total. The van der Waals surface area contributed by atoms with Crippen molar-refractivity contribution in [1.82, 2.24) is 24.3 Å². The first-order valence-electron chi connectivity index (χ1n) is 9.19. The molecular weight excluding hydrogens is 394 g/mol. The predicted octanol–water partition coefficient (Wildman–Crippen LogP) is 1.79. The number of H-pyrrole nitrogens is 1. The highest BCUT2D eigenvalue weighted by Crippen LogP contribution is 2.34. The number of ether oxygens (including phenoxy) is 1. The highest BCUT2D eigenvalue weighted by atomic mass is 32.2. The molecular formula is C19H21N5O4S. The summed E-state index contributed by atoms with van der Waals surface area (Å²) in [5, 5.41) is 11.6. The van der Waals surface area contributed by atoms with E-state index in [4.69, 9.17) is 4.74 Å². The molecule has 0 spiro atoms. The number of hydrogen-bond donors (Lipinski definition) is 1. The third-order valence-corrected chi connectivity index (χ3v) is 6.77. The second-order valence-electron chi connectivity index (χ2n) is 6.84. The number of rotatable bonds is 5. The molecule has 29 heavy (non-hydrogen) atoms. The van der Waals surface area contributed by atoms with Gasteiger partial charge in [-0.2, -0.15) is 10.2 Å². The number of carbonyl (C=O) groups is 1. The van der Waals surface area contributed by atoms with Crippen molar-refractivity contribution in [2.45, 2.75) is 24.7 Å². The topological polar surface area (TPSA) is 110 Å². The lowest BCUT2D eigenvalue weighted by atomic mass is 9.94. The summed E-state index contributed by atoms with van der Waals surface area (Å²) >= 11 is 0. The third kappa shape index (κ3) is 3.14. The van der Waals surface area contributed by atoms with Crippen LogP contribution in [0.15, 0.2) is 35.4 Å². The first-order chi connectivity index (χ1) is 13.8. The van der Waals surface area contributed by atoms with Gasteiger partial charge in [-0.05, 0) is 44.0 Å². The molecule has 10 heteroatoms. The van der Waals surface area contributed by atoms with E-state index in [0.717, 1.165) is 22.5 Å². The van der Waals surface area contributed by atoms with Gasteiger partial charge in [0.1, 0.15) is 5.69 Å². The molecule has 1 aliphatic carbocycles. The van der Waals surface area contributed by atoms with Crippen molar-refractivity contribution >= 4 is 16.0 Å². The minimum absolute atomic E-state index is 0.223. The van der Waals surface area contributed by atoms with Crippen molar-refractivity contribution in [1.29, 1.82) is 0 Å². The van der Waals surface area contributed by atoms with Crippen LogP contribution < -0.4 is 0 Å². The van der Waals surface area contributed by atoms with Gasteiger partial charge in [0.05, 0.1) is 34.8 Å². The molecule has 2 heterocycles. The number of hydrogen-bond acceptors (Lipinski definition) is 6. The number of esters is 1. The van der Waals surface area contributed by atoms with Gasteiger partial charge in [0.15, 0.2) is 0 Å². The molecule has 1 aliphatic rings. The molecule has 0 atom stereocenters. The number of fused-ring (bicyclic) bond motifs is 3. The van der Waals surface area contributed by atoms with Crippen LogP contribution in [0.1, 0.15) is 28.7 Å². The zero-order valence-corrected chi connectivity index (χ0v) is 17.2. The summed E-state index contributed by atoms with van der Waals surface area (Å²) < 4.78 is 32.6. The van der Waals surface area contributed by atoms with Gasteiger partial charge in [-0.15, -0.1) is 0 Å². The maximum absolute atomic E-state index is 12.3. The molecule has 1 aromatic carbocycles. The van der Waals surface area contributed by atoms with Crippen LogP contribution >= 0.6 is 0 Å². The Balaban J connectivity index is 1.70. The van der Waals surface area contributed by atoms with E-state index in [1.165, 1.54) is 18.4 Å². The molecule has 0 unspecified atom stereocenters. The molecule has 0 radical (unpaired) electrons. The SMILES string of the molecule is CCOC(=O)c1[nH]nc2c1CCc1c-2cnn1-c1ccc(S(=O)(=O)N(C)C)cc1. The van der Waals surface area contributed by atoms with Crippen LogP contribution in [0, 0.1) is 0 Å². The lowest BCUT2D eigenvalue weighted by Gasteiger charge is -2.15. The summed E-state index contributed by atoms with van der Waals surface area (Å²) in [5.74, 6) is -0.408. The van der Waals surface area contributed by atoms with E-state index in [9.17, 15) is 13.2 Å². The molecule has 0 fully saturated rings. The Morgan fingerprint density at radius 3 is 2.62 bits per heavy atom. The van der Waals surface area contributed by atoms with Gasteiger partial charge in [0.2, 0.25) is 10.0 Å². The molecule has 152 valence electrons. The Hall–Kier alpha value is -2.98. The van der Waals surface area contributed by atoms with Crippen molar-refractivity contribution in [3.63, 3.8) is 0 Å². The van der Waals surface area contributed by atoms with E-state index in [2.05, 4.69) is 15.3 Å². The van der Waals surface area contributed by atoms with Gasteiger partial charge in [-0.3, -0.25) is 5.10 Å². The van der Waals surface area contributed by atoms with Crippen molar-refractivity contribution in [3.8, 4) is 16.9 Å². The van der Waals surface area contributed by atoms with Crippen molar-refractivity contribution in [3.05, 3.63) is 47.4 Å². The predicted molar refractivity (Wildman–Crippen MR) is 105 cm³/mol. The van der Waals surface area contributed by atoms with E-state index in [0.29, 0.717) is 30.8 Å². The Morgan fingerprint density at radius 2 is 1.97 bits per heavy atom. The Labute approximate surface area is 168 Å². The minimum atomic E-state index is -3.48. The van der Waals surface area contributed by atoms with Crippen LogP contribution in [-0.2, 0) is 27.6 Å². The van der Waals surface area contributed by atoms with Gasteiger partial charge in [0, 0.05) is 25.2 Å². The van der Waals surface area contributed by atoms with E-state index in [-0.39, 0.29) is 4.90 Å². The van der Waals surface area contributed by atoms with Crippen molar-refractivity contribution in [2.24, 2.45) is 0 Å². The number of nitrogens with zero attached hydrogens (tertiary/aromatic N) is 4. The van der Waals surface area contributed by atoms with Gasteiger partial charge >= 0.3 is 5.97 Å². The van der Waals surface area contributed by atoms with E-state index in [1.807, 2.05) is 0 Å². The smallest absolute Gasteiger partial charge is 0.356 e. The second-order valence-corrected chi connectivity index (χ2v) is 9.00. The van der Waals surface area contributed by atoms with Gasteiger partial charge in [-0.25, -0.2) is 22.2 Å². The summed E-state index contributed by atoms with van der Waals surface area (Å²) in [6, 6.07) is 6.60. The first kappa shape index (κ1) is 19.3. The number of sulfonamides is 1. The van der Waals surface area contributed by atoms with Crippen LogP contribution in [-0.4, -0.2) is 59.4 Å². The normalized spacial score (nSPS) is 13.2. The number of benzene rings is 1. The molecule has 0 bridgehead atoms. The van der Waals surface area contributed by atoms with Crippen LogP contribution in [0.4, 0.5) is 0 Å². The molecule has 3 aromatic rings. The van der Waals surface area contributed by atoms with E-state index < -0.39 is 16.0 Å². The second kappa shape index (κ2) is 7.12. The number of aromatic amines is 1. The largest absolute Gasteiger partial charge is 0.461 e. The summed E-state index contributed by atoms with van der Waals surface area (Å²) in [6.45, 7) is 2.06. The standard InChI is InChI=1S/C19H21N5O4S/c1-4-28-19(25)18-14-9-10-16-15(17(14)21-22-18)11-20-24(16)12-5-7-13(8-6-12)29(26,27)23(2)3/h5-8,11H,4,9-10H2,1-3H3,(H,21,22). The van der Waals surface area contributed by atoms with Crippen LogP contribution in [0.5, 0.6) is 0 Å². The average Bonchev–Trinajstić information content (AvgIpc) is 3.32. The molecule has 2 aromatic heterocycles. The third-order valence-electron chi connectivity index (χ3n) is 4.94. The Morgan fingerprint density at radius 1 is 1.24 bits per heavy atom. The van der Waals surface area contributed by atoms with E-state index in [1.54, 1.807) is 42.1 Å². The van der Waals surface area contributed by atoms with Crippen molar-refractivity contribution in [2.75, 3.05) is 20.7 Å². The van der Waals surface area contributed by atoms with Gasteiger partial charge in [-0.1, -0.05) is 0 Å². The minimum Gasteiger partial charge on any atom is -0.461 e. The number of carbonyl (C=O) groups excluding carboxylic acids is 1. The zero-order chi connectivity index (χ0) is 20.8. The summed E-state index contributed by atoms with van der Waals surface area (Å²) in [6.07, 6.45) is 3.02. The Kier molecular flexibility index (Phi) is 4.75. The fraction of sp³-hybridized carbons (Fsp3) is 0.316. The van der Waals surface area contributed by atoms with Crippen LogP contribution in [0.2, 0.25) is 0 Å². The van der Waals surface area contributed by atoms with Crippen LogP contribution in [0.3, 0.4) is 0 Å². The van der Waals surface area contributed by atoms with Gasteiger partial charge in [0.25, 0.3) is 0 Å². The van der Waals surface area contributed by atoms with Crippen LogP contribution in [0.25, 0.3) is 16.9 Å². The highest BCUT2D eigenvalue weighted by Gasteiger charge is 2.29. The maximum Gasteiger partial charge on any atom is 0.356 e. The molecule has 4 rings (SSSR count).